The molecule has 6 atom stereocenters. The smallest absolute Gasteiger partial charge is 0.462 e. The van der Waals surface area contributed by atoms with Gasteiger partial charge in [-0.2, -0.15) is 0 Å². The Morgan fingerprint density at radius 2 is 0.548 bits per heavy atom. The molecule has 0 radical (unpaired) electrons. The predicted octanol–water partition coefficient (Wildman–Crippen LogP) is 21.6. The van der Waals surface area contributed by atoms with E-state index in [9.17, 15) is 43.2 Å². The molecule has 0 amide bonds. The highest BCUT2D eigenvalue weighted by Gasteiger charge is 2.30. The second-order valence-electron chi connectivity index (χ2n) is 27.4. The first-order chi connectivity index (χ1) is 44.9. The highest BCUT2D eigenvalue weighted by molar-refractivity contribution is 7.47. The van der Waals surface area contributed by atoms with Crippen LogP contribution in [0, 0.1) is 11.8 Å². The van der Waals surface area contributed by atoms with Gasteiger partial charge in [-0.25, -0.2) is 9.13 Å². The molecule has 0 fully saturated rings. The summed E-state index contributed by atoms with van der Waals surface area (Å²) >= 11 is 0. The van der Waals surface area contributed by atoms with Gasteiger partial charge >= 0.3 is 39.5 Å². The monoisotopic (exact) mass is 1370 g/mol. The molecule has 0 saturated carbocycles. The van der Waals surface area contributed by atoms with E-state index in [1.165, 1.54) is 199 Å². The number of hydrogen-bond acceptors (Lipinski definition) is 15. The van der Waals surface area contributed by atoms with Crippen molar-refractivity contribution in [1.29, 1.82) is 0 Å². The van der Waals surface area contributed by atoms with Crippen molar-refractivity contribution in [3.05, 3.63) is 0 Å². The van der Waals surface area contributed by atoms with E-state index < -0.39 is 97.5 Å². The standard InChI is InChI=1S/C74H144O17P2/c1-7-10-12-14-16-18-19-20-21-22-23-24-25-28-33-40-46-52-58-73(78)90-69(63-85-72(77)57-51-45-39-32-29-26-27-31-36-42-48-54-66(4)5)64-88-92(80,81)86-60-68(75)61-87-93(82,83)89-65-70(62-84-71(76)56-50-44-38-30-17-15-13-11-8-2)91-74(79)59-53-47-41-35-34-37-43-49-55-67(6)9-3/h66-70,75H,7-65H2,1-6H3,(H,80,81)(H,82,83)/t67?,68-,69-,70-/m1/s1. The van der Waals surface area contributed by atoms with E-state index in [0.717, 1.165) is 102 Å². The molecule has 17 nitrogen and oxygen atoms in total. The lowest BCUT2D eigenvalue weighted by molar-refractivity contribution is -0.161. The van der Waals surface area contributed by atoms with Gasteiger partial charge in [0.15, 0.2) is 12.2 Å². The summed E-state index contributed by atoms with van der Waals surface area (Å²) in [5, 5.41) is 10.6. The second-order valence-corrected chi connectivity index (χ2v) is 30.3. The molecule has 3 N–H and O–H groups in total. The minimum Gasteiger partial charge on any atom is -0.462 e. The largest absolute Gasteiger partial charge is 0.472 e. The maximum atomic E-state index is 13.1. The Morgan fingerprint density at radius 1 is 0.312 bits per heavy atom. The van der Waals surface area contributed by atoms with Crippen molar-refractivity contribution in [2.75, 3.05) is 39.6 Å². The molecule has 552 valence electrons. The predicted molar refractivity (Wildman–Crippen MR) is 377 cm³/mol. The zero-order valence-corrected chi connectivity index (χ0v) is 62.3. The van der Waals surface area contributed by atoms with Gasteiger partial charge in [0, 0.05) is 25.7 Å². The van der Waals surface area contributed by atoms with Gasteiger partial charge in [0.05, 0.1) is 26.4 Å². The molecule has 0 rings (SSSR count). The highest BCUT2D eigenvalue weighted by atomic mass is 31.2. The van der Waals surface area contributed by atoms with E-state index in [0.29, 0.717) is 25.7 Å². The van der Waals surface area contributed by atoms with Crippen molar-refractivity contribution < 1.29 is 80.2 Å². The molecule has 0 aromatic heterocycles. The van der Waals surface area contributed by atoms with Crippen LogP contribution in [0.5, 0.6) is 0 Å². The van der Waals surface area contributed by atoms with Crippen LogP contribution in [-0.2, 0) is 65.4 Å². The van der Waals surface area contributed by atoms with Crippen LogP contribution in [0.25, 0.3) is 0 Å². The molecule has 0 bridgehead atoms. The van der Waals surface area contributed by atoms with E-state index in [-0.39, 0.29) is 25.7 Å². The Hall–Kier alpha value is -1.94. The minimum absolute atomic E-state index is 0.105. The molecule has 0 aliphatic carbocycles. The highest BCUT2D eigenvalue weighted by Crippen LogP contribution is 2.45. The van der Waals surface area contributed by atoms with Gasteiger partial charge in [-0.15, -0.1) is 0 Å². The Balaban J connectivity index is 5.23. The summed E-state index contributed by atoms with van der Waals surface area (Å²) in [5.74, 6) is -0.579. The quantitative estimate of drug-likeness (QED) is 0.0222. The van der Waals surface area contributed by atoms with Crippen LogP contribution in [0.2, 0.25) is 0 Å². The van der Waals surface area contributed by atoms with Crippen LogP contribution in [0.3, 0.4) is 0 Å². The number of ether oxygens (including phenoxy) is 4. The topological polar surface area (TPSA) is 237 Å². The van der Waals surface area contributed by atoms with Gasteiger partial charge in [-0.05, 0) is 37.5 Å². The summed E-state index contributed by atoms with van der Waals surface area (Å²) in [7, 11) is -9.91. The Kier molecular flexibility index (Phi) is 64.6. The maximum absolute atomic E-state index is 13.1. The fourth-order valence-corrected chi connectivity index (χ4v) is 12.8. The average Bonchev–Trinajstić information content (AvgIpc) is 1.74. The van der Waals surface area contributed by atoms with E-state index in [1.807, 2.05) is 0 Å². The number of esters is 4. The van der Waals surface area contributed by atoms with Crippen molar-refractivity contribution in [3.8, 4) is 0 Å². The van der Waals surface area contributed by atoms with E-state index in [2.05, 4.69) is 41.5 Å². The summed E-state index contributed by atoms with van der Waals surface area (Å²) in [6, 6.07) is 0. The Bertz CT molecular complexity index is 1810. The summed E-state index contributed by atoms with van der Waals surface area (Å²) in [5.41, 5.74) is 0. The van der Waals surface area contributed by atoms with E-state index in [4.69, 9.17) is 37.0 Å². The van der Waals surface area contributed by atoms with Crippen molar-refractivity contribution in [3.63, 3.8) is 0 Å². The Morgan fingerprint density at radius 3 is 0.817 bits per heavy atom. The lowest BCUT2D eigenvalue weighted by Crippen LogP contribution is -2.30. The first-order valence-corrected chi connectivity index (χ1v) is 41.5. The summed E-state index contributed by atoms with van der Waals surface area (Å²) in [6.07, 6.45) is 52.7. The van der Waals surface area contributed by atoms with Gasteiger partial charge in [0.2, 0.25) is 0 Å². The number of aliphatic hydroxyl groups is 1. The summed E-state index contributed by atoms with van der Waals surface area (Å²) in [6.45, 7) is 9.57. The molecular formula is C74H144O17P2. The molecule has 3 unspecified atom stereocenters. The van der Waals surface area contributed by atoms with Gasteiger partial charge in [-0.1, -0.05) is 330 Å². The van der Waals surface area contributed by atoms with Crippen LogP contribution in [0.1, 0.15) is 382 Å². The van der Waals surface area contributed by atoms with Crippen molar-refractivity contribution in [2.24, 2.45) is 11.8 Å². The number of carbonyl (C=O) groups excluding carboxylic acids is 4. The van der Waals surface area contributed by atoms with Gasteiger partial charge in [-0.3, -0.25) is 37.3 Å². The van der Waals surface area contributed by atoms with Gasteiger partial charge in [0.1, 0.15) is 19.3 Å². The molecule has 0 heterocycles. The first-order valence-electron chi connectivity index (χ1n) is 38.5. The number of phosphoric acid groups is 2. The second kappa shape index (κ2) is 66.0. The van der Waals surface area contributed by atoms with Crippen LogP contribution < -0.4 is 0 Å². The lowest BCUT2D eigenvalue weighted by atomic mass is 9.99. The third-order valence-electron chi connectivity index (χ3n) is 17.6. The van der Waals surface area contributed by atoms with Gasteiger partial charge < -0.3 is 33.8 Å². The fourth-order valence-electron chi connectivity index (χ4n) is 11.3. The van der Waals surface area contributed by atoms with Crippen LogP contribution in [0.15, 0.2) is 0 Å². The van der Waals surface area contributed by atoms with Gasteiger partial charge in [0.25, 0.3) is 0 Å². The van der Waals surface area contributed by atoms with Crippen LogP contribution in [-0.4, -0.2) is 96.7 Å². The molecular weight excluding hydrogens is 1220 g/mol. The maximum Gasteiger partial charge on any atom is 0.472 e. The Labute approximate surface area is 568 Å². The number of carbonyl (C=O) groups is 4. The molecule has 0 aromatic carbocycles. The fraction of sp³-hybridized carbons (Fsp3) is 0.946. The summed E-state index contributed by atoms with van der Waals surface area (Å²) < 4.78 is 68.4. The van der Waals surface area contributed by atoms with E-state index >= 15 is 0 Å². The van der Waals surface area contributed by atoms with E-state index in [1.54, 1.807) is 0 Å². The molecule has 0 aliphatic heterocycles. The van der Waals surface area contributed by atoms with Crippen LogP contribution >= 0.6 is 15.6 Å². The number of unbranched alkanes of at least 4 members (excludes halogenated alkanes) is 42. The molecule has 0 aromatic rings. The van der Waals surface area contributed by atoms with Crippen molar-refractivity contribution >= 4 is 39.5 Å². The number of hydrogen-bond donors (Lipinski definition) is 3. The normalized spacial score (nSPS) is 14.3. The first kappa shape index (κ1) is 91.1. The molecule has 0 aliphatic rings. The number of rotatable bonds is 73. The minimum atomic E-state index is -4.96. The number of phosphoric ester groups is 2. The van der Waals surface area contributed by atoms with Crippen molar-refractivity contribution in [2.45, 2.75) is 400 Å². The molecule has 19 heteroatoms. The zero-order valence-electron chi connectivity index (χ0n) is 60.6. The van der Waals surface area contributed by atoms with Crippen molar-refractivity contribution in [1.82, 2.24) is 0 Å². The SMILES string of the molecule is CCCCCCCCCCCCCCCCCCCCC(=O)O[C@H](COC(=O)CCCCCCCCCCCCCC(C)C)COP(=O)(O)OC[C@@H](O)COP(=O)(O)OC[C@@H](COC(=O)CCCCCCCCCCC)OC(=O)CCCCCCCCCCC(C)CC. The lowest BCUT2D eigenvalue weighted by Gasteiger charge is -2.21. The summed E-state index contributed by atoms with van der Waals surface area (Å²) in [4.78, 5) is 72.7. The third kappa shape index (κ3) is 67.0. The molecule has 0 spiro atoms. The zero-order chi connectivity index (χ0) is 68.6. The van der Waals surface area contributed by atoms with Crippen LogP contribution in [0.4, 0.5) is 0 Å². The average molecular weight is 1370 g/mol. The molecule has 0 saturated heterocycles. The third-order valence-corrected chi connectivity index (χ3v) is 19.5. The molecule has 93 heavy (non-hydrogen) atoms. The number of aliphatic hydroxyl groups excluding tert-OH is 1.